The second-order valence-corrected chi connectivity index (χ2v) is 6.96. The van der Waals surface area contributed by atoms with Crippen molar-refractivity contribution in [2.75, 3.05) is 26.7 Å². The van der Waals surface area contributed by atoms with E-state index in [9.17, 15) is 14.4 Å². The zero-order valence-electron chi connectivity index (χ0n) is 13.8. The number of primary amides is 1. The molecule has 0 saturated carbocycles. The molecule has 1 aliphatic heterocycles. The molecule has 0 radical (unpaired) electrons. The Morgan fingerprint density at radius 3 is 2.41 bits per heavy atom. The molecule has 7 heteroatoms. The number of esters is 1. The molecule has 2 amide bonds. The van der Waals surface area contributed by atoms with Gasteiger partial charge in [-0.3, -0.25) is 19.3 Å². The third kappa shape index (κ3) is 6.01. The molecule has 0 aromatic carbocycles. The Balaban J connectivity index is 2.72. The smallest absolute Gasteiger partial charge is 0.305 e. The first-order valence-corrected chi connectivity index (χ1v) is 7.50. The van der Waals surface area contributed by atoms with E-state index in [1.807, 2.05) is 25.7 Å². The Hall–Kier alpha value is -1.63. The fourth-order valence-electron chi connectivity index (χ4n) is 2.63. The SMILES string of the molecule is COC(=O)CC1CC(NC(=O)C(C)(C)C)CN(CC(N)=O)C1. The van der Waals surface area contributed by atoms with Crippen LogP contribution in [0, 0.1) is 11.3 Å². The molecular weight excluding hydrogens is 286 g/mol. The van der Waals surface area contributed by atoms with Crippen LogP contribution in [0.1, 0.15) is 33.6 Å². The molecule has 1 aliphatic rings. The lowest BCUT2D eigenvalue weighted by molar-refractivity contribution is -0.142. The third-order valence-electron chi connectivity index (χ3n) is 3.69. The number of methoxy groups -OCH3 is 1. The van der Waals surface area contributed by atoms with Crippen molar-refractivity contribution in [3.63, 3.8) is 0 Å². The summed E-state index contributed by atoms with van der Waals surface area (Å²) in [7, 11) is 1.35. The van der Waals surface area contributed by atoms with Crippen molar-refractivity contribution in [1.29, 1.82) is 0 Å². The van der Waals surface area contributed by atoms with Crippen LogP contribution in [0.2, 0.25) is 0 Å². The average molecular weight is 313 g/mol. The minimum atomic E-state index is -0.482. The average Bonchev–Trinajstić information content (AvgIpc) is 2.36. The maximum Gasteiger partial charge on any atom is 0.305 e. The summed E-state index contributed by atoms with van der Waals surface area (Å²) in [5.74, 6) is -0.715. The molecule has 2 unspecified atom stereocenters. The second kappa shape index (κ2) is 7.58. The largest absolute Gasteiger partial charge is 0.469 e. The molecule has 0 spiro atoms. The van der Waals surface area contributed by atoms with Crippen molar-refractivity contribution in [3.8, 4) is 0 Å². The molecule has 22 heavy (non-hydrogen) atoms. The third-order valence-corrected chi connectivity index (χ3v) is 3.69. The minimum absolute atomic E-state index is 0.0332. The van der Waals surface area contributed by atoms with Crippen molar-refractivity contribution in [2.45, 2.75) is 39.7 Å². The Bertz CT molecular complexity index is 431. The fourth-order valence-corrected chi connectivity index (χ4v) is 2.63. The highest BCUT2D eigenvalue weighted by molar-refractivity contribution is 5.81. The van der Waals surface area contributed by atoms with E-state index < -0.39 is 11.3 Å². The van der Waals surface area contributed by atoms with Crippen LogP contribution in [0.4, 0.5) is 0 Å². The van der Waals surface area contributed by atoms with Crippen molar-refractivity contribution in [1.82, 2.24) is 10.2 Å². The number of carbonyl (C=O) groups excluding carboxylic acids is 3. The number of carbonyl (C=O) groups is 3. The van der Waals surface area contributed by atoms with Gasteiger partial charge in [0.15, 0.2) is 0 Å². The zero-order valence-corrected chi connectivity index (χ0v) is 13.8. The van der Waals surface area contributed by atoms with Gasteiger partial charge in [0.1, 0.15) is 0 Å². The monoisotopic (exact) mass is 313 g/mol. The van der Waals surface area contributed by atoms with Crippen LogP contribution in [0.5, 0.6) is 0 Å². The lowest BCUT2D eigenvalue weighted by atomic mass is 9.89. The Labute approximate surface area is 131 Å². The van der Waals surface area contributed by atoms with Crippen molar-refractivity contribution < 1.29 is 19.1 Å². The van der Waals surface area contributed by atoms with Crippen LogP contribution in [0.15, 0.2) is 0 Å². The summed E-state index contributed by atoms with van der Waals surface area (Å²) < 4.78 is 4.70. The number of hydrogen-bond donors (Lipinski definition) is 2. The molecule has 1 fully saturated rings. The molecule has 7 nitrogen and oxygen atoms in total. The predicted octanol–water partition coefficient (Wildman–Crippen LogP) is -0.112. The van der Waals surface area contributed by atoms with Crippen LogP contribution < -0.4 is 11.1 Å². The van der Waals surface area contributed by atoms with E-state index in [0.717, 1.165) is 0 Å². The van der Waals surface area contributed by atoms with Crippen LogP contribution in [0.25, 0.3) is 0 Å². The maximum atomic E-state index is 12.1. The molecule has 0 aromatic rings. The van der Waals surface area contributed by atoms with Gasteiger partial charge in [0.05, 0.1) is 13.7 Å². The first-order chi connectivity index (χ1) is 10.1. The lowest BCUT2D eigenvalue weighted by Crippen LogP contribution is -2.54. The van der Waals surface area contributed by atoms with Gasteiger partial charge in [-0.05, 0) is 12.3 Å². The summed E-state index contributed by atoms with van der Waals surface area (Å²) in [6, 6.07) is -0.102. The van der Waals surface area contributed by atoms with E-state index in [1.165, 1.54) is 7.11 Å². The van der Waals surface area contributed by atoms with Gasteiger partial charge >= 0.3 is 5.97 Å². The van der Waals surface area contributed by atoms with E-state index in [1.54, 1.807) is 0 Å². The van der Waals surface area contributed by atoms with E-state index in [-0.39, 0.29) is 36.8 Å². The summed E-state index contributed by atoms with van der Waals surface area (Å²) in [5.41, 5.74) is 4.77. The van der Waals surface area contributed by atoms with Crippen LogP contribution in [0.3, 0.4) is 0 Å². The summed E-state index contributed by atoms with van der Waals surface area (Å²) in [5, 5.41) is 3.00. The number of hydrogen-bond acceptors (Lipinski definition) is 5. The van der Waals surface area contributed by atoms with Gasteiger partial charge in [-0.2, -0.15) is 0 Å². The lowest BCUT2D eigenvalue weighted by Gasteiger charge is -2.38. The van der Waals surface area contributed by atoms with Gasteiger partial charge in [-0.25, -0.2) is 0 Å². The van der Waals surface area contributed by atoms with Gasteiger partial charge in [0.2, 0.25) is 11.8 Å². The first kappa shape index (κ1) is 18.4. The van der Waals surface area contributed by atoms with Gasteiger partial charge in [0, 0.05) is 31.0 Å². The maximum absolute atomic E-state index is 12.1. The number of piperidine rings is 1. The molecular formula is C15H27N3O4. The van der Waals surface area contributed by atoms with Crippen molar-refractivity contribution in [3.05, 3.63) is 0 Å². The summed E-state index contributed by atoms with van der Waals surface area (Å²) in [6.45, 7) is 6.82. The number of amides is 2. The van der Waals surface area contributed by atoms with Crippen molar-refractivity contribution >= 4 is 17.8 Å². The van der Waals surface area contributed by atoms with Gasteiger partial charge in [0.25, 0.3) is 0 Å². The number of nitrogens with two attached hydrogens (primary N) is 1. The normalized spacial score (nSPS) is 22.9. The molecule has 1 saturated heterocycles. The van der Waals surface area contributed by atoms with Gasteiger partial charge in [-0.15, -0.1) is 0 Å². The molecule has 3 N–H and O–H groups in total. The molecule has 1 heterocycles. The predicted molar refractivity (Wildman–Crippen MR) is 81.8 cm³/mol. The number of rotatable bonds is 5. The number of likely N-dealkylation sites (tertiary alicyclic amines) is 1. The number of ether oxygens (including phenoxy) is 1. The van der Waals surface area contributed by atoms with E-state index in [2.05, 4.69) is 5.32 Å². The fraction of sp³-hybridized carbons (Fsp3) is 0.800. The minimum Gasteiger partial charge on any atom is -0.469 e. The zero-order chi connectivity index (χ0) is 16.9. The second-order valence-electron chi connectivity index (χ2n) is 6.96. The Morgan fingerprint density at radius 2 is 1.91 bits per heavy atom. The summed E-state index contributed by atoms with van der Waals surface area (Å²) in [6.07, 6.45) is 0.958. The van der Waals surface area contributed by atoms with Crippen molar-refractivity contribution in [2.24, 2.45) is 17.1 Å². The van der Waals surface area contributed by atoms with Crippen LogP contribution in [-0.2, 0) is 19.1 Å². The molecule has 126 valence electrons. The highest BCUT2D eigenvalue weighted by Crippen LogP contribution is 2.22. The topological polar surface area (TPSA) is 102 Å². The van der Waals surface area contributed by atoms with Crippen LogP contribution in [-0.4, -0.2) is 55.5 Å². The number of nitrogens with zero attached hydrogens (tertiary/aromatic N) is 1. The molecule has 2 atom stereocenters. The van der Waals surface area contributed by atoms with E-state index >= 15 is 0 Å². The molecule has 0 aliphatic carbocycles. The molecule has 1 rings (SSSR count). The van der Waals surface area contributed by atoms with Gasteiger partial charge < -0.3 is 15.8 Å². The highest BCUT2D eigenvalue weighted by Gasteiger charge is 2.32. The van der Waals surface area contributed by atoms with Gasteiger partial charge in [-0.1, -0.05) is 20.8 Å². The quantitative estimate of drug-likeness (QED) is 0.689. The molecule has 0 aromatic heterocycles. The summed E-state index contributed by atoms with van der Waals surface area (Å²) in [4.78, 5) is 36.6. The molecule has 0 bridgehead atoms. The van der Waals surface area contributed by atoms with Crippen LogP contribution >= 0.6 is 0 Å². The standard InChI is InChI=1S/C15H27N3O4/c1-15(2,3)14(21)17-11-5-10(6-13(20)22-4)7-18(8-11)9-12(16)19/h10-11H,5-9H2,1-4H3,(H2,16,19)(H,17,21). The number of nitrogens with one attached hydrogen (secondary N) is 1. The Kier molecular flexibility index (Phi) is 6.34. The highest BCUT2D eigenvalue weighted by atomic mass is 16.5. The van der Waals surface area contributed by atoms with E-state index in [4.69, 9.17) is 10.5 Å². The summed E-state index contributed by atoms with van der Waals surface area (Å²) >= 11 is 0. The van der Waals surface area contributed by atoms with E-state index in [0.29, 0.717) is 19.5 Å². The Morgan fingerprint density at radius 1 is 1.27 bits per heavy atom. The first-order valence-electron chi connectivity index (χ1n) is 7.50.